The lowest BCUT2D eigenvalue weighted by Crippen LogP contribution is -2.29. The Bertz CT molecular complexity index is 1560. The molecule has 2 aliphatic heterocycles. The molecule has 2 aromatic heterocycles. The van der Waals surface area contributed by atoms with E-state index < -0.39 is 0 Å². The number of azo groups is 1. The van der Waals surface area contributed by atoms with Crippen LogP contribution in [0.1, 0.15) is 34.5 Å². The maximum absolute atomic E-state index is 13.4. The van der Waals surface area contributed by atoms with E-state index in [4.69, 9.17) is 5.73 Å². The number of rotatable bonds is 6. The van der Waals surface area contributed by atoms with Gasteiger partial charge in [-0.15, -0.1) is 10.2 Å². The van der Waals surface area contributed by atoms with Crippen molar-refractivity contribution in [3.05, 3.63) is 71.2 Å². The highest BCUT2D eigenvalue weighted by Gasteiger charge is 2.28. The number of aldehydes is 1. The first-order valence-electron chi connectivity index (χ1n) is 12.2. The lowest BCUT2D eigenvalue weighted by Gasteiger charge is -2.16. The van der Waals surface area contributed by atoms with Crippen molar-refractivity contribution in [2.45, 2.75) is 19.3 Å². The van der Waals surface area contributed by atoms with E-state index in [-0.39, 0.29) is 11.6 Å². The number of nitrogens with one attached hydrogen (secondary N) is 1. The molecule has 186 valence electrons. The fraction of sp³-hybridized carbons (Fsp3) is 0.222. The van der Waals surface area contributed by atoms with Crippen LogP contribution < -0.4 is 15.5 Å². The average molecular weight is 512 g/mol. The zero-order valence-corrected chi connectivity index (χ0v) is 20.9. The van der Waals surface area contributed by atoms with Gasteiger partial charge in [-0.2, -0.15) is 0 Å². The van der Waals surface area contributed by atoms with Crippen LogP contribution in [0.2, 0.25) is 0 Å². The quantitative estimate of drug-likeness (QED) is 0.206. The third-order valence-corrected chi connectivity index (χ3v) is 7.67. The molecule has 2 aromatic carbocycles. The molecule has 1 saturated heterocycles. The Kier molecular flexibility index (Phi) is 6.01. The van der Waals surface area contributed by atoms with Gasteiger partial charge in [0.1, 0.15) is 5.69 Å². The molecule has 0 bridgehead atoms. The molecule has 1 amide bonds. The fourth-order valence-electron chi connectivity index (χ4n) is 4.93. The topological polar surface area (TPSA) is 120 Å². The van der Waals surface area contributed by atoms with Crippen LogP contribution in [-0.2, 0) is 11.2 Å². The summed E-state index contributed by atoms with van der Waals surface area (Å²) >= 11 is 1.55. The molecule has 0 unspecified atom stereocenters. The van der Waals surface area contributed by atoms with Crippen LogP contribution in [0, 0.1) is 0 Å². The molecule has 4 aromatic rings. The van der Waals surface area contributed by atoms with Gasteiger partial charge in [-0.25, -0.2) is 4.98 Å². The van der Waals surface area contributed by atoms with Crippen molar-refractivity contribution in [3.63, 3.8) is 0 Å². The second-order valence-corrected chi connectivity index (χ2v) is 10.1. The van der Waals surface area contributed by atoms with Crippen LogP contribution in [0.15, 0.2) is 64.6 Å². The van der Waals surface area contributed by atoms with Gasteiger partial charge in [0.15, 0.2) is 16.4 Å². The monoisotopic (exact) mass is 511 g/mol. The zero-order valence-electron chi connectivity index (χ0n) is 20.1. The van der Waals surface area contributed by atoms with E-state index in [1.54, 1.807) is 28.5 Å². The number of carbonyl (C=O) groups is 2. The Morgan fingerprint density at radius 1 is 1.11 bits per heavy atom. The molecular weight excluding hydrogens is 486 g/mol. The van der Waals surface area contributed by atoms with Gasteiger partial charge in [0.05, 0.1) is 17.6 Å². The number of hydrogen-bond acceptors (Lipinski definition) is 8. The smallest absolute Gasteiger partial charge is 0.274 e. The number of amides is 1. The molecule has 10 heteroatoms. The van der Waals surface area contributed by atoms with E-state index in [0.29, 0.717) is 30.6 Å². The Balaban J connectivity index is 1.21. The minimum Gasteiger partial charge on any atom is -0.396 e. The van der Waals surface area contributed by atoms with E-state index in [1.807, 2.05) is 42.5 Å². The molecule has 0 spiro atoms. The second-order valence-electron chi connectivity index (χ2n) is 9.14. The van der Waals surface area contributed by atoms with Crippen LogP contribution in [0.5, 0.6) is 0 Å². The van der Waals surface area contributed by atoms with E-state index in [0.717, 1.165) is 50.9 Å². The summed E-state index contributed by atoms with van der Waals surface area (Å²) in [6.07, 6.45) is 7.14. The number of benzene rings is 2. The Morgan fingerprint density at radius 3 is 2.81 bits per heavy atom. The number of nitrogens with zero attached hydrogens (tertiary/aromatic N) is 5. The summed E-state index contributed by atoms with van der Waals surface area (Å²) in [6, 6.07) is 13.2. The summed E-state index contributed by atoms with van der Waals surface area (Å²) in [5.74, 6) is -0.110. The molecule has 4 heterocycles. The molecule has 3 N–H and O–H groups in total. The molecule has 1 fully saturated rings. The van der Waals surface area contributed by atoms with Gasteiger partial charge in [-0.1, -0.05) is 23.5 Å². The zero-order chi connectivity index (χ0) is 25.4. The van der Waals surface area contributed by atoms with Crippen molar-refractivity contribution in [1.29, 1.82) is 0 Å². The fourth-order valence-corrected chi connectivity index (χ4v) is 5.72. The Hall–Kier alpha value is -4.31. The first kappa shape index (κ1) is 23.1. The largest absolute Gasteiger partial charge is 0.396 e. The molecule has 0 radical (unpaired) electrons. The van der Waals surface area contributed by atoms with Gasteiger partial charge in [-0.05, 0) is 66.8 Å². The van der Waals surface area contributed by atoms with Crippen molar-refractivity contribution in [3.8, 4) is 0 Å². The van der Waals surface area contributed by atoms with Crippen LogP contribution in [0.3, 0.4) is 0 Å². The lowest BCUT2D eigenvalue weighted by atomic mass is 10.0. The SMILES string of the molecule is N/C(C=O)=C\c1cccc2c1CCN2C(=O)c1cc2cc(/N=N/c3cnc(N4CCCC4)s3)ccc2[nH]1. The van der Waals surface area contributed by atoms with Gasteiger partial charge in [-0.3, -0.25) is 9.59 Å². The third kappa shape index (κ3) is 4.51. The van der Waals surface area contributed by atoms with Gasteiger partial charge >= 0.3 is 0 Å². The first-order valence-corrected chi connectivity index (χ1v) is 13.0. The minimum absolute atomic E-state index is 0.110. The molecule has 9 nitrogen and oxygen atoms in total. The van der Waals surface area contributed by atoms with Crippen molar-refractivity contribution in [2.24, 2.45) is 16.0 Å². The number of carbonyl (C=O) groups excluding carboxylic acids is 2. The predicted octanol–water partition coefficient (Wildman–Crippen LogP) is 5.34. The van der Waals surface area contributed by atoms with E-state index in [2.05, 4.69) is 25.1 Å². The molecule has 2 aliphatic rings. The highest BCUT2D eigenvalue weighted by molar-refractivity contribution is 7.19. The maximum Gasteiger partial charge on any atom is 0.274 e. The number of aromatic nitrogens is 2. The highest BCUT2D eigenvalue weighted by Crippen LogP contribution is 2.34. The Labute approximate surface area is 217 Å². The van der Waals surface area contributed by atoms with Gasteiger partial charge in [0, 0.05) is 36.2 Å². The van der Waals surface area contributed by atoms with E-state index in [9.17, 15) is 9.59 Å². The summed E-state index contributed by atoms with van der Waals surface area (Å²) in [6.45, 7) is 2.65. The maximum atomic E-state index is 13.4. The molecule has 37 heavy (non-hydrogen) atoms. The number of allylic oxidation sites excluding steroid dienone is 1. The highest BCUT2D eigenvalue weighted by atomic mass is 32.1. The van der Waals surface area contributed by atoms with Crippen LogP contribution >= 0.6 is 11.3 Å². The summed E-state index contributed by atoms with van der Waals surface area (Å²) in [4.78, 5) is 36.1. The third-order valence-electron chi connectivity index (χ3n) is 6.72. The summed E-state index contributed by atoms with van der Waals surface area (Å²) in [7, 11) is 0. The van der Waals surface area contributed by atoms with Gasteiger partial charge in [0.2, 0.25) is 0 Å². The standard InChI is InChI=1S/C27H25N7O2S/c28-19(16-35)12-17-4-3-5-24-21(17)8-11-34(24)26(36)23-14-18-13-20(6-7-22(18)30-23)31-32-25-15-29-27(37-25)33-9-1-2-10-33/h3-7,12-16,30H,1-2,8-11,28H2/b19-12-,32-31+. The van der Waals surface area contributed by atoms with Crippen molar-refractivity contribution in [2.75, 3.05) is 29.4 Å². The number of anilines is 2. The number of H-pyrrole nitrogens is 1. The Morgan fingerprint density at radius 2 is 1.97 bits per heavy atom. The molecule has 0 saturated carbocycles. The van der Waals surface area contributed by atoms with Crippen molar-refractivity contribution in [1.82, 2.24) is 9.97 Å². The molecule has 6 rings (SSSR count). The van der Waals surface area contributed by atoms with E-state index >= 15 is 0 Å². The molecule has 0 aliphatic carbocycles. The second kappa shape index (κ2) is 9.62. The van der Waals surface area contributed by atoms with Crippen molar-refractivity contribution >= 4 is 62.0 Å². The predicted molar refractivity (Wildman–Crippen MR) is 146 cm³/mol. The molecule has 0 atom stereocenters. The van der Waals surface area contributed by atoms with Crippen LogP contribution in [0.25, 0.3) is 17.0 Å². The average Bonchev–Trinajstić information content (AvgIpc) is 3.72. The number of aromatic amines is 1. The van der Waals surface area contributed by atoms with Crippen LogP contribution in [0.4, 0.5) is 21.5 Å². The number of hydrogen-bond donors (Lipinski definition) is 2. The van der Waals surface area contributed by atoms with Gasteiger partial charge in [0.25, 0.3) is 5.91 Å². The summed E-state index contributed by atoms with van der Waals surface area (Å²) < 4.78 is 0. The normalized spacial score (nSPS) is 15.7. The number of fused-ring (bicyclic) bond motifs is 2. The number of nitrogens with two attached hydrogens (primary N) is 1. The molecular formula is C27H25N7O2S. The van der Waals surface area contributed by atoms with E-state index in [1.165, 1.54) is 12.8 Å². The number of thiazole rings is 1. The lowest BCUT2D eigenvalue weighted by molar-refractivity contribution is -0.104. The summed E-state index contributed by atoms with van der Waals surface area (Å²) in [5, 5.41) is 11.4. The van der Waals surface area contributed by atoms with Crippen molar-refractivity contribution < 1.29 is 9.59 Å². The van der Waals surface area contributed by atoms with Crippen LogP contribution in [-0.4, -0.2) is 41.8 Å². The summed E-state index contributed by atoms with van der Waals surface area (Å²) in [5.41, 5.74) is 10.6. The first-order chi connectivity index (χ1) is 18.1. The van der Waals surface area contributed by atoms with Gasteiger partial charge < -0.3 is 20.5 Å². The minimum atomic E-state index is -0.110.